The molecule has 0 aromatic heterocycles. The van der Waals surface area contributed by atoms with Crippen LogP contribution in [-0.2, 0) is 9.59 Å². The van der Waals surface area contributed by atoms with Gasteiger partial charge in [0.25, 0.3) is 0 Å². The summed E-state index contributed by atoms with van der Waals surface area (Å²) in [7, 11) is 0. The SMILES string of the molecule is CCCCCCCCCC(C(=O)O)c1ccccc1OC(=O)CCCC. The van der Waals surface area contributed by atoms with Gasteiger partial charge in [-0.1, -0.05) is 83.4 Å². The van der Waals surface area contributed by atoms with E-state index in [9.17, 15) is 14.7 Å². The molecule has 1 unspecified atom stereocenters. The predicted molar refractivity (Wildman–Crippen MR) is 105 cm³/mol. The molecular weight excluding hydrogens is 328 g/mol. The molecule has 26 heavy (non-hydrogen) atoms. The van der Waals surface area contributed by atoms with Gasteiger partial charge in [0, 0.05) is 12.0 Å². The van der Waals surface area contributed by atoms with Gasteiger partial charge in [0.05, 0.1) is 5.92 Å². The molecule has 1 rings (SSSR count). The minimum absolute atomic E-state index is 0.292. The number of benzene rings is 1. The Labute approximate surface area is 158 Å². The summed E-state index contributed by atoms with van der Waals surface area (Å²) in [5.41, 5.74) is 0.607. The van der Waals surface area contributed by atoms with Crippen LogP contribution in [0.25, 0.3) is 0 Å². The van der Waals surface area contributed by atoms with Gasteiger partial charge in [0.2, 0.25) is 0 Å². The highest BCUT2D eigenvalue weighted by atomic mass is 16.5. The van der Waals surface area contributed by atoms with Crippen molar-refractivity contribution < 1.29 is 19.4 Å². The van der Waals surface area contributed by atoms with Gasteiger partial charge in [-0.2, -0.15) is 0 Å². The monoisotopic (exact) mass is 362 g/mol. The predicted octanol–water partition coefficient (Wildman–Crippen LogP) is 6.09. The standard InChI is InChI=1S/C22H34O4/c1-3-5-7-8-9-10-11-15-19(22(24)25)18-14-12-13-16-20(18)26-21(23)17-6-4-2/h12-14,16,19H,3-11,15,17H2,1-2H3,(H,24,25). The Morgan fingerprint density at radius 1 is 0.923 bits per heavy atom. The molecule has 0 radical (unpaired) electrons. The molecule has 146 valence electrons. The first-order valence-electron chi connectivity index (χ1n) is 10.1. The number of hydrogen-bond acceptors (Lipinski definition) is 3. The van der Waals surface area contributed by atoms with E-state index in [1.807, 2.05) is 6.92 Å². The minimum Gasteiger partial charge on any atom is -0.481 e. The van der Waals surface area contributed by atoms with Crippen molar-refractivity contribution in [1.82, 2.24) is 0 Å². The van der Waals surface area contributed by atoms with Crippen molar-refractivity contribution in [2.24, 2.45) is 0 Å². The Kier molecular flexibility index (Phi) is 11.4. The molecular formula is C22H34O4. The summed E-state index contributed by atoms with van der Waals surface area (Å²) in [4.78, 5) is 23.7. The summed E-state index contributed by atoms with van der Waals surface area (Å²) in [5.74, 6) is -1.38. The van der Waals surface area contributed by atoms with Crippen molar-refractivity contribution in [3.8, 4) is 5.75 Å². The molecule has 0 spiro atoms. The number of hydrogen-bond donors (Lipinski definition) is 1. The first-order valence-corrected chi connectivity index (χ1v) is 10.1. The van der Waals surface area contributed by atoms with E-state index in [0.29, 0.717) is 24.2 Å². The second kappa shape index (κ2) is 13.4. The lowest BCUT2D eigenvalue weighted by Crippen LogP contribution is -2.15. The van der Waals surface area contributed by atoms with Gasteiger partial charge in [-0.05, 0) is 18.9 Å². The van der Waals surface area contributed by atoms with Gasteiger partial charge in [-0.15, -0.1) is 0 Å². The lowest BCUT2D eigenvalue weighted by Gasteiger charge is -2.16. The number of carboxylic acid groups (broad SMARTS) is 1. The molecule has 1 atom stereocenters. The van der Waals surface area contributed by atoms with Gasteiger partial charge in [0.15, 0.2) is 0 Å². The maximum atomic E-state index is 11.9. The van der Waals surface area contributed by atoms with E-state index in [1.165, 1.54) is 25.7 Å². The van der Waals surface area contributed by atoms with Crippen molar-refractivity contribution in [3.63, 3.8) is 0 Å². The molecule has 0 heterocycles. The Morgan fingerprint density at radius 3 is 2.19 bits per heavy atom. The molecule has 0 aliphatic rings. The van der Waals surface area contributed by atoms with E-state index in [-0.39, 0.29) is 5.97 Å². The number of para-hydroxylation sites is 1. The molecule has 0 aliphatic carbocycles. The average Bonchev–Trinajstić information content (AvgIpc) is 2.63. The van der Waals surface area contributed by atoms with Crippen molar-refractivity contribution >= 4 is 11.9 Å². The molecule has 4 nitrogen and oxygen atoms in total. The fourth-order valence-corrected chi connectivity index (χ4v) is 3.07. The van der Waals surface area contributed by atoms with E-state index in [4.69, 9.17) is 4.74 Å². The zero-order valence-corrected chi connectivity index (χ0v) is 16.3. The van der Waals surface area contributed by atoms with Gasteiger partial charge >= 0.3 is 11.9 Å². The molecule has 0 saturated heterocycles. The quantitative estimate of drug-likeness (QED) is 0.247. The van der Waals surface area contributed by atoms with Crippen molar-refractivity contribution in [2.45, 2.75) is 90.4 Å². The van der Waals surface area contributed by atoms with E-state index >= 15 is 0 Å². The molecule has 1 aromatic carbocycles. The van der Waals surface area contributed by atoms with E-state index in [2.05, 4.69) is 6.92 Å². The third kappa shape index (κ3) is 8.50. The van der Waals surface area contributed by atoms with Crippen molar-refractivity contribution in [3.05, 3.63) is 29.8 Å². The number of carbonyl (C=O) groups excluding carboxylic acids is 1. The summed E-state index contributed by atoms with van der Waals surface area (Å²) < 4.78 is 5.45. The van der Waals surface area contributed by atoms with Gasteiger partial charge in [-0.3, -0.25) is 9.59 Å². The average molecular weight is 363 g/mol. The third-order valence-corrected chi connectivity index (χ3v) is 4.65. The van der Waals surface area contributed by atoms with Gasteiger partial charge in [0.1, 0.15) is 5.75 Å². The van der Waals surface area contributed by atoms with Crippen molar-refractivity contribution in [2.75, 3.05) is 0 Å². The van der Waals surface area contributed by atoms with E-state index < -0.39 is 11.9 Å². The summed E-state index contributed by atoms with van der Waals surface area (Å²) in [6, 6.07) is 7.04. The van der Waals surface area contributed by atoms with Crippen LogP contribution in [0.5, 0.6) is 5.75 Å². The highest BCUT2D eigenvalue weighted by molar-refractivity contribution is 5.78. The van der Waals surface area contributed by atoms with Crippen LogP contribution in [0.2, 0.25) is 0 Å². The number of rotatable bonds is 14. The van der Waals surface area contributed by atoms with Crippen LogP contribution in [0.3, 0.4) is 0 Å². The summed E-state index contributed by atoms with van der Waals surface area (Å²) in [6.07, 6.45) is 10.7. The van der Waals surface area contributed by atoms with E-state index in [1.54, 1.807) is 24.3 Å². The molecule has 1 N–H and O–H groups in total. The molecule has 0 saturated carbocycles. The normalized spacial score (nSPS) is 11.9. The fourth-order valence-electron chi connectivity index (χ4n) is 3.07. The first-order chi connectivity index (χ1) is 12.6. The third-order valence-electron chi connectivity index (χ3n) is 4.65. The molecule has 1 aromatic rings. The first kappa shape index (κ1) is 22.2. The number of carboxylic acids is 1. The second-order valence-corrected chi connectivity index (χ2v) is 6.92. The Balaban J connectivity index is 2.63. The van der Waals surface area contributed by atoms with Crippen LogP contribution >= 0.6 is 0 Å². The Hall–Kier alpha value is -1.84. The largest absolute Gasteiger partial charge is 0.481 e. The molecule has 4 heteroatoms. The van der Waals surface area contributed by atoms with Crippen LogP contribution in [0.1, 0.15) is 96.0 Å². The topological polar surface area (TPSA) is 63.6 Å². The highest BCUT2D eigenvalue weighted by Gasteiger charge is 2.23. The number of unbranched alkanes of at least 4 members (excludes halogenated alkanes) is 7. The number of aliphatic carboxylic acids is 1. The molecule has 0 aliphatic heterocycles. The lowest BCUT2D eigenvalue weighted by molar-refractivity contribution is -0.139. The summed E-state index contributed by atoms with van der Waals surface area (Å²) >= 11 is 0. The van der Waals surface area contributed by atoms with Crippen LogP contribution < -0.4 is 4.74 Å². The second-order valence-electron chi connectivity index (χ2n) is 6.92. The Morgan fingerprint density at radius 2 is 1.54 bits per heavy atom. The summed E-state index contributed by atoms with van der Waals surface area (Å²) in [5, 5.41) is 9.66. The Bertz CT molecular complexity index is 539. The van der Waals surface area contributed by atoms with Crippen LogP contribution in [0, 0.1) is 0 Å². The zero-order valence-electron chi connectivity index (χ0n) is 16.3. The van der Waals surface area contributed by atoms with Crippen LogP contribution in [0.4, 0.5) is 0 Å². The lowest BCUT2D eigenvalue weighted by atomic mass is 9.92. The van der Waals surface area contributed by atoms with Gasteiger partial charge < -0.3 is 9.84 Å². The smallest absolute Gasteiger partial charge is 0.311 e. The van der Waals surface area contributed by atoms with Gasteiger partial charge in [-0.25, -0.2) is 0 Å². The number of ether oxygens (including phenoxy) is 1. The van der Waals surface area contributed by atoms with E-state index in [0.717, 1.165) is 32.1 Å². The summed E-state index contributed by atoms with van der Waals surface area (Å²) in [6.45, 7) is 4.22. The highest BCUT2D eigenvalue weighted by Crippen LogP contribution is 2.31. The van der Waals surface area contributed by atoms with Crippen molar-refractivity contribution in [1.29, 1.82) is 0 Å². The number of esters is 1. The molecule has 0 amide bonds. The maximum absolute atomic E-state index is 11.9. The zero-order chi connectivity index (χ0) is 19.2. The maximum Gasteiger partial charge on any atom is 0.311 e. The molecule has 0 bridgehead atoms. The fraction of sp³-hybridized carbons (Fsp3) is 0.636. The minimum atomic E-state index is -0.854. The molecule has 0 fully saturated rings. The van der Waals surface area contributed by atoms with Crippen LogP contribution in [0.15, 0.2) is 24.3 Å². The number of carbonyl (C=O) groups is 2. The van der Waals surface area contributed by atoms with Crippen LogP contribution in [-0.4, -0.2) is 17.0 Å².